The lowest BCUT2D eigenvalue weighted by atomic mass is 9.94. The molecule has 5 nitrogen and oxygen atoms in total. The Bertz CT molecular complexity index is 294. The molecule has 0 aromatic heterocycles. The summed E-state index contributed by atoms with van der Waals surface area (Å²) in [6.45, 7) is 6.00. The summed E-state index contributed by atoms with van der Waals surface area (Å²) in [6.07, 6.45) is 3.78. The second-order valence-electron chi connectivity index (χ2n) is 4.86. The van der Waals surface area contributed by atoms with Crippen molar-refractivity contribution in [3.63, 3.8) is 0 Å². The van der Waals surface area contributed by atoms with Crippen LogP contribution in [0.3, 0.4) is 0 Å². The topological polar surface area (TPSA) is 78.9 Å². The van der Waals surface area contributed by atoms with Gasteiger partial charge in [-0.15, -0.1) is 0 Å². The number of carbonyl (C=O) groups excluding carboxylic acids is 1. The lowest BCUT2D eigenvalue weighted by Crippen LogP contribution is -2.52. The van der Waals surface area contributed by atoms with E-state index in [1.807, 2.05) is 11.8 Å². The van der Waals surface area contributed by atoms with Crippen molar-refractivity contribution in [1.82, 2.24) is 4.90 Å². The number of piperidine rings is 1. The van der Waals surface area contributed by atoms with Crippen molar-refractivity contribution in [2.75, 3.05) is 0 Å². The predicted molar refractivity (Wildman–Crippen MR) is 66.8 cm³/mol. The number of likely N-dealkylation sites (tertiary alicyclic amines) is 1. The SMILES string of the molecule is CCC(C(=O)N1[C@H](C)CCC[C@@H]1C)C(N)=NO. The fourth-order valence-electron chi connectivity index (χ4n) is 2.62. The number of amides is 1. The van der Waals surface area contributed by atoms with Gasteiger partial charge in [0.05, 0.1) is 5.92 Å². The van der Waals surface area contributed by atoms with Gasteiger partial charge in [-0.25, -0.2) is 0 Å². The Hall–Kier alpha value is -1.26. The van der Waals surface area contributed by atoms with Crippen molar-refractivity contribution in [3.8, 4) is 0 Å². The second-order valence-corrected chi connectivity index (χ2v) is 4.86. The fraction of sp³-hybridized carbons (Fsp3) is 0.833. The van der Waals surface area contributed by atoms with Crippen LogP contribution in [0, 0.1) is 5.92 Å². The van der Waals surface area contributed by atoms with Crippen LogP contribution in [0.15, 0.2) is 5.16 Å². The van der Waals surface area contributed by atoms with E-state index in [2.05, 4.69) is 19.0 Å². The quantitative estimate of drug-likeness (QED) is 0.340. The molecule has 1 saturated heterocycles. The lowest BCUT2D eigenvalue weighted by Gasteiger charge is -2.40. The minimum Gasteiger partial charge on any atom is -0.409 e. The number of hydrogen-bond acceptors (Lipinski definition) is 3. The zero-order chi connectivity index (χ0) is 13.0. The number of amidine groups is 1. The van der Waals surface area contributed by atoms with Crippen molar-refractivity contribution in [2.45, 2.75) is 58.5 Å². The summed E-state index contributed by atoms with van der Waals surface area (Å²) in [5.41, 5.74) is 5.58. The highest BCUT2D eigenvalue weighted by molar-refractivity contribution is 6.02. The van der Waals surface area contributed by atoms with E-state index < -0.39 is 5.92 Å². The molecule has 1 amide bonds. The number of rotatable bonds is 3. The summed E-state index contributed by atoms with van der Waals surface area (Å²) in [6, 6.07) is 0.485. The highest BCUT2D eigenvalue weighted by atomic mass is 16.4. The van der Waals surface area contributed by atoms with E-state index in [1.54, 1.807) is 0 Å². The third kappa shape index (κ3) is 2.90. The number of carbonyl (C=O) groups is 1. The molecule has 0 spiro atoms. The number of nitrogens with zero attached hydrogens (tertiary/aromatic N) is 2. The number of oxime groups is 1. The molecule has 5 heteroatoms. The van der Waals surface area contributed by atoms with Gasteiger partial charge in [0.1, 0.15) is 0 Å². The molecule has 1 unspecified atom stereocenters. The van der Waals surface area contributed by atoms with Crippen LogP contribution in [0.2, 0.25) is 0 Å². The van der Waals surface area contributed by atoms with Crippen LogP contribution in [-0.2, 0) is 4.79 Å². The molecule has 1 fully saturated rings. The van der Waals surface area contributed by atoms with E-state index >= 15 is 0 Å². The van der Waals surface area contributed by atoms with E-state index in [0.717, 1.165) is 19.3 Å². The first-order valence-corrected chi connectivity index (χ1v) is 6.32. The smallest absolute Gasteiger partial charge is 0.233 e. The Kier molecular flexibility index (Phi) is 4.78. The Morgan fingerprint density at radius 2 is 2.00 bits per heavy atom. The molecule has 1 aliphatic rings. The fourth-order valence-corrected chi connectivity index (χ4v) is 2.62. The van der Waals surface area contributed by atoms with Gasteiger partial charge < -0.3 is 15.8 Å². The molecule has 3 atom stereocenters. The minimum absolute atomic E-state index is 0.0116. The molecule has 0 saturated carbocycles. The van der Waals surface area contributed by atoms with Crippen molar-refractivity contribution < 1.29 is 10.0 Å². The summed E-state index contributed by atoms with van der Waals surface area (Å²) in [4.78, 5) is 14.3. The molecule has 0 bridgehead atoms. The Balaban J connectivity index is 2.85. The first-order valence-electron chi connectivity index (χ1n) is 6.32. The Morgan fingerprint density at radius 3 is 2.41 bits per heavy atom. The van der Waals surface area contributed by atoms with Gasteiger partial charge in [0, 0.05) is 12.1 Å². The van der Waals surface area contributed by atoms with Gasteiger partial charge in [-0.3, -0.25) is 4.79 Å². The van der Waals surface area contributed by atoms with E-state index in [9.17, 15) is 4.79 Å². The lowest BCUT2D eigenvalue weighted by molar-refractivity contribution is -0.139. The standard InChI is InChI=1S/C12H23N3O2/c1-4-10(11(13)14-17)12(16)15-8(2)6-5-7-9(15)3/h8-10,17H,4-7H2,1-3H3,(H2,13,14)/t8-,9+,10?. The maximum Gasteiger partial charge on any atom is 0.233 e. The molecule has 0 aromatic rings. The van der Waals surface area contributed by atoms with Crippen LogP contribution in [-0.4, -0.2) is 33.9 Å². The normalized spacial score (nSPS) is 27.9. The first-order chi connectivity index (χ1) is 8.02. The first kappa shape index (κ1) is 13.8. The summed E-state index contributed by atoms with van der Waals surface area (Å²) in [5, 5.41) is 11.7. The van der Waals surface area contributed by atoms with E-state index in [1.165, 1.54) is 0 Å². The van der Waals surface area contributed by atoms with E-state index in [0.29, 0.717) is 6.42 Å². The van der Waals surface area contributed by atoms with Crippen molar-refractivity contribution in [2.24, 2.45) is 16.8 Å². The maximum absolute atomic E-state index is 12.4. The maximum atomic E-state index is 12.4. The molecule has 3 N–H and O–H groups in total. The van der Waals surface area contributed by atoms with Crippen molar-refractivity contribution in [3.05, 3.63) is 0 Å². The van der Waals surface area contributed by atoms with E-state index in [4.69, 9.17) is 10.9 Å². The van der Waals surface area contributed by atoms with Gasteiger partial charge in [-0.2, -0.15) is 0 Å². The van der Waals surface area contributed by atoms with Crippen LogP contribution >= 0.6 is 0 Å². The summed E-state index contributed by atoms with van der Waals surface area (Å²) >= 11 is 0. The van der Waals surface area contributed by atoms with Gasteiger partial charge in [-0.1, -0.05) is 12.1 Å². The summed E-state index contributed by atoms with van der Waals surface area (Å²) in [5.74, 6) is -0.493. The molecule has 0 aliphatic carbocycles. The van der Waals surface area contributed by atoms with Crippen LogP contribution in [0.4, 0.5) is 0 Å². The van der Waals surface area contributed by atoms with Crippen LogP contribution in [0.1, 0.15) is 46.5 Å². The highest BCUT2D eigenvalue weighted by Gasteiger charge is 2.34. The third-order valence-electron chi connectivity index (χ3n) is 3.63. The van der Waals surface area contributed by atoms with Gasteiger partial charge in [0.25, 0.3) is 0 Å². The van der Waals surface area contributed by atoms with Crippen molar-refractivity contribution >= 4 is 11.7 Å². The van der Waals surface area contributed by atoms with Gasteiger partial charge in [0.15, 0.2) is 5.84 Å². The highest BCUT2D eigenvalue weighted by Crippen LogP contribution is 2.25. The summed E-state index contributed by atoms with van der Waals surface area (Å²) in [7, 11) is 0. The number of hydrogen-bond donors (Lipinski definition) is 2. The molecule has 17 heavy (non-hydrogen) atoms. The molecule has 1 aliphatic heterocycles. The summed E-state index contributed by atoms with van der Waals surface area (Å²) < 4.78 is 0. The van der Waals surface area contributed by atoms with Crippen LogP contribution in [0.5, 0.6) is 0 Å². The van der Waals surface area contributed by atoms with Crippen LogP contribution in [0.25, 0.3) is 0 Å². The third-order valence-corrected chi connectivity index (χ3v) is 3.63. The zero-order valence-corrected chi connectivity index (χ0v) is 10.9. The second kappa shape index (κ2) is 5.89. The minimum atomic E-state index is -0.497. The average molecular weight is 241 g/mol. The zero-order valence-electron chi connectivity index (χ0n) is 10.9. The van der Waals surface area contributed by atoms with Crippen LogP contribution < -0.4 is 5.73 Å². The molecular formula is C12H23N3O2. The van der Waals surface area contributed by atoms with Gasteiger partial charge in [-0.05, 0) is 39.5 Å². The van der Waals surface area contributed by atoms with Gasteiger partial charge >= 0.3 is 0 Å². The molecule has 0 radical (unpaired) electrons. The van der Waals surface area contributed by atoms with E-state index in [-0.39, 0.29) is 23.8 Å². The monoisotopic (exact) mass is 241 g/mol. The van der Waals surface area contributed by atoms with Crippen molar-refractivity contribution in [1.29, 1.82) is 0 Å². The molecule has 98 valence electrons. The Morgan fingerprint density at radius 1 is 1.47 bits per heavy atom. The largest absolute Gasteiger partial charge is 0.409 e. The predicted octanol–water partition coefficient (Wildman–Crippen LogP) is 1.55. The average Bonchev–Trinajstić information content (AvgIpc) is 2.29. The molecule has 1 rings (SSSR count). The molecular weight excluding hydrogens is 218 g/mol. The van der Waals surface area contributed by atoms with Gasteiger partial charge in [0.2, 0.25) is 5.91 Å². The number of nitrogens with two attached hydrogens (primary N) is 1. The Labute approximate surface area is 103 Å². The molecule has 0 aromatic carbocycles. The molecule has 1 heterocycles.